The first kappa shape index (κ1) is 16.4. The quantitative estimate of drug-likeness (QED) is 0.917. The Morgan fingerprint density at radius 1 is 1.29 bits per heavy atom. The van der Waals surface area contributed by atoms with Crippen LogP contribution in [0.3, 0.4) is 0 Å². The number of benzene rings is 1. The highest BCUT2D eigenvalue weighted by atomic mass is 19.1. The first-order valence-corrected chi connectivity index (χ1v) is 8.01. The molecule has 1 fully saturated rings. The van der Waals surface area contributed by atoms with Gasteiger partial charge in [0, 0.05) is 17.3 Å². The van der Waals surface area contributed by atoms with Crippen LogP contribution in [0, 0.1) is 19.7 Å². The fourth-order valence-electron chi connectivity index (χ4n) is 3.12. The van der Waals surface area contributed by atoms with Crippen molar-refractivity contribution in [1.29, 1.82) is 0 Å². The van der Waals surface area contributed by atoms with Crippen LogP contribution in [0.25, 0.3) is 0 Å². The number of amides is 1. The molecule has 126 valence electrons. The van der Waals surface area contributed by atoms with Crippen LogP contribution in [0.1, 0.15) is 35.2 Å². The van der Waals surface area contributed by atoms with Gasteiger partial charge in [-0.1, -0.05) is 12.1 Å². The van der Waals surface area contributed by atoms with Crippen molar-refractivity contribution in [3.63, 3.8) is 0 Å². The Labute approximate surface area is 141 Å². The summed E-state index contributed by atoms with van der Waals surface area (Å²) < 4.78 is 18.5. The number of halogens is 1. The van der Waals surface area contributed by atoms with Gasteiger partial charge >= 0.3 is 0 Å². The van der Waals surface area contributed by atoms with Gasteiger partial charge in [0.25, 0.3) is 0 Å². The van der Waals surface area contributed by atoms with Crippen molar-refractivity contribution in [3.05, 3.63) is 58.7 Å². The van der Waals surface area contributed by atoms with E-state index in [1.807, 2.05) is 13.8 Å². The van der Waals surface area contributed by atoms with Crippen LogP contribution in [0.15, 0.2) is 30.5 Å². The average molecular weight is 328 g/mol. The zero-order chi connectivity index (χ0) is 17.3. The average Bonchev–Trinajstić information content (AvgIpc) is 3.37. The van der Waals surface area contributed by atoms with Crippen molar-refractivity contribution in [2.75, 3.05) is 7.11 Å². The maximum atomic E-state index is 13.1. The third-order valence-electron chi connectivity index (χ3n) is 4.75. The molecule has 1 saturated carbocycles. The molecule has 1 heterocycles. The van der Waals surface area contributed by atoms with E-state index in [9.17, 15) is 9.18 Å². The first-order valence-electron chi connectivity index (χ1n) is 8.01. The Morgan fingerprint density at radius 3 is 2.54 bits per heavy atom. The van der Waals surface area contributed by atoms with Crippen molar-refractivity contribution in [2.45, 2.75) is 38.6 Å². The van der Waals surface area contributed by atoms with E-state index in [0.717, 1.165) is 41.0 Å². The summed E-state index contributed by atoms with van der Waals surface area (Å²) in [5, 5.41) is 2.98. The van der Waals surface area contributed by atoms with Crippen LogP contribution >= 0.6 is 0 Å². The monoisotopic (exact) mass is 328 g/mol. The van der Waals surface area contributed by atoms with E-state index in [-0.39, 0.29) is 11.7 Å². The fraction of sp³-hybridized carbons (Fsp3) is 0.368. The maximum absolute atomic E-state index is 13.1. The topological polar surface area (TPSA) is 51.2 Å². The Hall–Kier alpha value is -2.43. The number of aromatic nitrogens is 1. The van der Waals surface area contributed by atoms with Crippen LogP contribution in [0.5, 0.6) is 5.75 Å². The van der Waals surface area contributed by atoms with Gasteiger partial charge in [-0.15, -0.1) is 0 Å². The number of hydrogen-bond donors (Lipinski definition) is 1. The smallest absolute Gasteiger partial charge is 0.230 e. The first-order chi connectivity index (χ1) is 11.5. The van der Waals surface area contributed by atoms with Gasteiger partial charge in [0.15, 0.2) is 0 Å². The third-order valence-corrected chi connectivity index (χ3v) is 4.75. The molecule has 1 aliphatic carbocycles. The van der Waals surface area contributed by atoms with Crippen LogP contribution in [0.4, 0.5) is 4.39 Å². The molecule has 0 unspecified atom stereocenters. The van der Waals surface area contributed by atoms with Gasteiger partial charge in [-0.05, 0) is 44.4 Å². The van der Waals surface area contributed by atoms with Gasteiger partial charge < -0.3 is 10.1 Å². The van der Waals surface area contributed by atoms with E-state index < -0.39 is 5.41 Å². The predicted octanol–water partition coefficient (Wildman–Crippen LogP) is 3.19. The van der Waals surface area contributed by atoms with Crippen molar-refractivity contribution in [3.8, 4) is 5.75 Å². The van der Waals surface area contributed by atoms with E-state index in [4.69, 9.17) is 4.74 Å². The molecule has 0 spiro atoms. The van der Waals surface area contributed by atoms with Crippen molar-refractivity contribution < 1.29 is 13.9 Å². The Morgan fingerprint density at radius 2 is 1.96 bits per heavy atom. The van der Waals surface area contributed by atoms with Crippen LogP contribution in [-0.4, -0.2) is 18.0 Å². The summed E-state index contributed by atoms with van der Waals surface area (Å²) >= 11 is 0. The Bertz CT molecular complexity index is 768. The summed E-state index contributed by atoms with van der Waals surface area (Å²) in [6, 6.07) is 6.19. The van der Waals surface area contributed by atoms with Crippen molar-refractivity contribution in [2.24, 2.45) is 0 Å². The second-order valence-electron chi connectivity index (χ2n) is 6.32. The molecule has 0 saturated heterocycles. The number of carbonyl (C=O) groups is 1. The van der Waals surface area contributed by atoms with Crippen LogP contribution < -0.4 is 10.1 Å². The molecule has 1 aliphatic rings. The normalized spacial score (nSPS) is 15.0. The van der Waals surface area contributed by atoms with Crippen molar-refractivity contribution in [1.82, 2.24) is 10.3 Å². The summed E-state index contributed by atoms with van der Waals surface area (Å²) in [7, 11) is 1.63. The summed E-state index contributed by atoms with van der Waals surface area (Å²) in [4.78, 5) is 17.1. The molecule has 2 aromatic rings. The number of hydrogen-bond acceptors (Lipinski definition) is 3. The highest BCUT2D eigenvalue weighted by Gasteiger charge is 2.51. The van der Waals surface area contributed by atoms with Gasteiger partial charge in [-0.2, -0.15) is 0 Å². The minimum Gasteiger partial charge on any atom is -0.496 e. The second kappa shape index (κ2) is 6.23. The van der Waals surface area contributed by atoms with E-state index in [1.54, 1.807) is 25.4 Å². The molecule has 4 nitrogen and oxygen atoms in total. The molecule has 0 radical (unpaired) electrons. The maximum Gasteiger partial charge on any atom is 0.230 e. The molecule has 5 heteroatoms. The summed E-state index contributed by atoms with van der Waals surface area (Å²) in [6.07, 6.45) is 3.32. The second-order valence-corrected chi connectivity index (χ2v) is 6.32. The molecular formula is C19H21FN2O2. The summed E-state index contributed by atoms with van der Waals surface area (Å²) in [5.41, 5.74) is 3.05. The number of aryl methyl sites for hydroxylation is 1. The van der Waals surface area contributed by atoms with Crippen molar-refractivity contribution >= 4 is 5.91 Å². The van der Waals surface area contributed by atoms with Crippen LogP contribution in [-0.2, 0) is 16.8 Å². The van der Waals surface area contributed by atoms with Gasteiger partial charge in [-0.3, -0.25) is 9.78 Å². The number of rotatable bonds is 5. The van der Waals surface area contributed by atoms with Gasteiger partial charge in [-0.25, -0.2) is 4.39 Å². The number of ether oxygens (including phenoxy) is 1. The summed E-state index contributed by atoms with van der Waals surface area (Å²) in [6.45, 7) is 4.23. The highest BCUT2D eigenvalue weighted by molar-refractivity contribution is 5.91. The minimum atomic E-state index is -0.517. The Kier molecular flexibility index (Phi) is 4.26. The number of nitrogens with zero attached hydrogens (tertiary/aromatic N) is 1. The lowest BCUT2D eigenvalue weighted by Crippen LogP contribution is -2.34. The molecule has 0 aliphatic heterocycles. The van der Waals surface area contributed by atoms with E-state index in [2.05, 4.69) is 10.3 Å². The number of pyridine rings is 1. The lowest BCUT2D eigenvalue weighted by atomic mass is 9.95. The molecule has 1 aromatic heterocycles. The highest BCUT2D eigenvalue weighted by Crippen LogP contribution is 2.48. The zero-order valence-electron chi connectivity index (χ0n) is 14.1. The van der Waals surface area contributed by atoms with Gasteiger partial charge in [0.05, 0.1) is 24.8 Å². The molecule has 1 amide bonds. The Balaban J connectivity index is 1.73. The van der Waals surface area contributed by atoms with E-state index in [1.165, 1.54) is 12.1 Å². The molecular weight excluding hydrogens is 307 g/mol. The molecule has 0 bridgehead atoms. The third kappa shape index (κ3) is 2.86. The largest absolute Gasteiger partial charge is 0.496 e. The zero-order valence-corrected chi connectivity index (χ0v) is 14.1. The van der Waals surface area contributed by atoms with Gasteiger partial charge in [0.1, 0.15) is 11.6 Å². The molecule has 0 atom stereocenters. The fourth-order valence-corrected chi connectivity index (χ4v) is 3.12. The number of nitrogens with one attached hydrogen (secondary N) is 1. The molecule has 1 N–H and O–H groups in total. The molecule has 24 heavy (non-hydrogen) atoms. The van der Waals surface area contributed by atoms with Gasteiger partial charge in [0.2, 0.25) is 5.91 Å². The molecule has 3 rings (SSSR count). The minimum absolute atomic E-state index is 0.0325. The predicted molar refractivity (Wildman–Crippen MR) is 89.4 cm³/mol. The number of methoxy groups -OCH3 is 1. The van der Waals surface area contributed by atoms with E-state index >= 15 is 0 Å². The SMILES string of the molecule is COc1c(C)cnc(CNC(=O)C2(c3ccc(F)cc3)CC2)c1C. The lowest BCUT2D eigenvalue weighted by molar-refractivity contribution is -0.123. The summed E-state index contributed by atoms with van der Waals surface area (Å²) in [5.74, 6) is 0.477. The van der Waals surface area contributed by atoms with Crippen LogP contribution in [0.2, 0.25) is 0 Å². The van der Waals surface area contributed by atoms with E-state index in [0.29, 0.717) is 6.54 Å². The molecule has 1 aromatic carbocycles. The standard InChI is InChI=1S/C19H21FN2O2/c1-12-10-21-16(13(2)17(12)24-3)11-22-18(23)19(8-9-19)14-4-6-15(20)7-5-14/h4-7,10H,8-9,11H2,1-3H3,(H,22,23). The lowest BCUT2D eigenvalue weighted by Gasteiger charge is -2.17. The number of carbonyl (C=O) groups excluding carboxylic acids is 1.